The third-order valence-electron chi connectivity index (χ3n) is 13.5. The van der Waals surface area contributed by atoms with Crippen LogP contribution in [0, 0.1) is 56.7 Å². The van der Waals surface area contributed by atoms with E-state index in [0.717, 1.165) is 32.1 Å². The lowest BCUT2D eigenvalue weighted by Crippen LogP contribution is -2.68. The van der Waals surface area contributed by atoms with E-state index in [-0.39, 0.29) is 38.8 Å². The summed E-state index contributed by atoms with van der Waals surface area (Å²) in [6.45, 7) is 20.6. The van der Waals surface area contributed by atoms with Crippen LogP contribution < -0.4 is 0 Å². The minimum atomic E-state index is -0.835. The SMILES string of the molecule is C=C(C)[C@@H]1CC[C@]2(COC(C)=O)CC[C@]3(C)[C@H](CC[C@@H]4[C@@]5(C)CC(=O)C(O)C(C)(C)[C@@H]5CC[C@]43C)[C@@H]12. The lowest BCUT2D eigenvalue weighted by atomic mass is 9.32. The number of aliphatic hydroxyl groups is 1. The summed E-state index contributed by atoms with van der Waals surface area (Å²) in [7, 11) is 0. The van der Waals surface area contributed by atoms with Crippen molar-refractivity contribution >= 4 is 11.8 Å². The van der Waals surface area contributed by atoms with Gasteiger partial charge in [0.2, 0.25) is 0 Å². The molecule has 0 spiro atoms. The Bertz CT molecular complexity index is 967. The van der Waals surface area contributed by atoms with Crippen LogP contribution in [0.2, 0.25) is 0 Å². The number of Topliss-reactive ketones (excluding diaryl/α,β-unsaturated/α-hetero) is 1. The molecule has 0 aromatic carbocycles. The smallest absolute Gasteiger partial charge is 0.302 e. The van der Waals surface area contributed by atoms with Gasteiger partial charge in [0.1, 0.15) is 6.10 Å². The molecular formula is C32H50O4. The topological polar surface area (TPSA) is 63.6 Å². The highest BCUT2D eigenvalue weighted by Gasteiger charge is 2.71. The summed E-state index contributed by atoms with van der Waals surface area (Å²) in [6.07, 6.45) is 8.89. The Morgan fingerprint density at radius 3 is 2.28 bits per heavy atom. The number of aliphatic hydroxyl groups excluding tert-OH is 1. The molecular weight excluding hydrogens is 448 g/mol. The minimum Gasteiger partial charge on any atom is -0.465 e. The van der Waals surface area contributed by atoms with Crippen LogP contribution in [0.3, 0.4) is 0 Å². The van der Waals surface area contributed by atoms with Gasteiger partial charge in [-0.15, -0.1) is 0 Å². The monoisotopic (exact) mass is 498 g/mol. The first-order chi connectivity index (χ1) is 16.6. The van der Waals surface area contributed by atoms with Gasteiger partial charge in [-0.2, -0.15) is 0 Å². The molecule has 4 heteroatoms. The van der Waals surface area contributed by atoms with Gasteiger partial charge in [0.15, 0.2) is 5.78 Å². The quantitative estimate of drug-likeness (QED) is 0.345. The average Bonchev–Trinajstić information content (AvgIpc) is 3.17. The number of fused-ring (bicyclic) bond motifs is 7. The molecule has 1 N–H and O–H groups in total. The Labute approximate surface area is 219 Å². The molecule has 10 atom stereocenters. The molecule has 5 fully saturated rings. The van der Waals surface area contributed by atoms with E-state index in [4.69, 9.17) is 4.74 Å². The summed E-state index contributed by atoms with van der Waals surface area (Å²) in [6, 6.07) is 0. The van der Waals surface area contributed by atoms with Crippen molar-refractivity contribution in [1.29, 1.82) is 0 Å². The molecule has 5 saturated carbocycles. The number of hydrogen-bond donors (Lipinski definition) is 1. The minimum absolute atomic E-state index is 0.0532. The van der Waals surface area contributed by atoms with Gasteiger partial charge in [0.25, 0.3) is 0 Å². The standard InChI is InChI=1S/C32H50O4/c1-19(2)21-11-14-32(18-36-20(3)33)16-15-30(7)22(26(21)32)9-10-25-29(6)17-23(34)27(35)28(4,5)24(29)12-13-31(25,30)8/h21-22,24-27,35H,1,9-18H2,2-8H3/t21-,22+,24-,25+,26+,27?,29-,30+,31+,32+/m0/s1. The predicted molar refractivity (Wildman–Crippen MR) is 142 cm³/mol. The summed E-state index contributed by atoms with van der Waals surface area (Å²) >= 11 is 0. The highest BCUT2D eigenvalue weighted by Crippen LogP contribution is 2.77. The van der Waals surface area contributed by atoms with E-state index < -0.39 is 6.10 Å². The Morgan fingerprint density at radius 2 is 1.64 bits per heavy atom. The van der Waals surface area contributed by atoms with E-state index in [2.05, 4.69) is 48.1 Å². The van der Waals surface area contributed by atoms with Gasteiger partial charge in [-0.05, 0) is 104 Å². The van der Waals surface area contributed by atoms with E-state index in [1.807, 2.05) is 0 Å². The molecule has 0 heterocycles. The van der Waals surface area contributed by atoms with Gasteiger partial charge in [0.05, 0.1) is 6.61 Å². The first-order valence-corrected chi connectivity index (χ1v) is 14.6. The van der Waals surface area contributed by atoms with Crippen LogP contribution in [0.1, 0.15) is 106 Å². The molecule has 0 aromatic heterocycles. The van der Waals surface area contributed by atoms with Gasteiger partial charge in [0, 0.05) is 24.2 Å². The molecule has 202 valence electrons. The number of carbonyl (C=O) groups is 2. The highest BCUT2D eigenvalue weighted by molar-refractivity contribution is 5.85. The van der Waals surface area contributed by atoms with Crippen LogP contribution >= 0.6 is 0 Å². The largest absolute Gasteiger partial charge is 0.465 e. The Hall–Kier alpha value is -1.16. The fourth-order valence-electron chi connectivity index (χ4n) is 11.7. The Morgan fingerprint density at radius 1 is 0.944 bits per heavy atom. The van der Waals surface area contributed by atoms with Gasteiger partial charge in [-0.1, -0.05) is 46.8 Å². The summed E-state index contributed by atoms with van der Waals surface area (Å²) in [5.74, 6) is 2.36. The maximum absolute atomic E-state index is 13.1. The van der Waals surface area contributed by atoms with Gasteiger partial charge >= 0.3 is 5.97 Å². The Kier molecular flexibility index (Phi) is 6.00. The number of rotatable bonds is 3. The second-order valence-electron chi connectivity index (χ2n) is 15.2. The zero-order valence-electron chi connectivity index (χ0n) is 23.9. The number of allylic oxidation sites excluding steroid dienone is 1. The van der Waals surface area contributed by atoms with Crippen molar-refractivity contribution in [2.75, 3.05) is 6.61 Å². The zero-order chi connectivity index (χ0) is 26.5. The predicted octanol–water partition coefficient (Wildman–Crippen LogP) is 6.75. The van der Waals surface area contributed by atoms with Crippen LogP contribution in [0.5, 0.6) is 0 Å². The number of ether oxygens (including phenoxy) is 1. The molecule has 0 aromatic rings. The fourth-order valence-corrected chi connectivity index (χ4v) is 11.7. The molecule has 4 nitrogen and oxygen atoms in total. The third-order valence-corrected chi connectivity index (χ3v) is 13.5. The lowest BCUT2D eigenvalue weighted by molar-refractivity contribution is -0.245. The maximum Gasteiger partial charge on any atom is 0.302 e. The van der Waals surface area contributed by atoms with Gasteiger partial charge in [-0.3, -0.25) is 9.59 Å². The van der Waals surface area contributed by atoms with Gasteiger partial charge in [-0.25, -0.2) is 0 Å². The normalized spacial score (nSPS) is 51.4. The maximum atomic E-state index is 13.1. The first-order valence-electron chi connectivity index (χ1n) is 14.6. The number of carbonyl (C=O) groups excluding carboxylic acids is 2. The highest BCUT2D eigenvalue weighted by atomic mass is 16.5. The van der Waals surface area contributed by atoms with Crippen molar-refractivity contribution in [3.05, 3.63) is 12.2 Å². The number of ketones is 1. The van der Waals surface area contributed by atoms with E-state index in [0.29, 0.717) is 42.6 Å². The summed E-state index contributed by atoms with van der Waals surface area (Å²) in [4.78, 5) is 25.0. The summed E-state index contributed by atoms with van der Waals surface area (Å²) < 4.78 is 5.76. The van der Waals surface area contributed by atoms with Crippen molar-refractivity contribution in [3.8, 4) is 0 Å². The Balaban J connectivity index is 1.54. The van der Waals surface area contributed by atoms with E-state index in [9.17, 15) is 14.7 Å². The molecule has 5 aliphatic carbocycles. The summed E-state index contributed by atoms with van der Waals surface area (Å²) in [5.41, 5.74) is 1.30. The van der Waals surface area contributed by atoms with Crippen molar-refractivity contribution in [2.24, 2.45) is 56.7 Å². The summed E-state index contributed by atoms with van der Waals surface area (Å²) in [5, 5.41) is 10.9. The van der Waals surface area contributed by atoms with Crippen molar-refractivity contribution in [3.63, 3.8) is 0 Å². The first kappa shape index (κ1) is 26.4. The molecule has 0 aliphatic heterocycles. The van der Waals surface area contributed by atoms with E-state index >= 15 is 0 Å². The fraction of sp³-hybridized carbons (Fsp3) is 0.875. The van der Waals surface area contributed by atoms with Crippen LogP contribution in [-0.4, -0.2) is 29.6 Å². The second-order valence-corrected chi connectivity index (χ2v) is 15.2. The average molecular weight is 499 g/mol. The molecule has 0 saturated heterocycles. The third kappa shape index (κ3) is 3.27. The molecule has 0 amide bonds. The molecule has 5 aliphatic rings. The van der Waals surface area contributed by atoms with Crippen LogP contribution in [-0.2, 0) is 14.3 Å². The van der Waals surface area contributed by atoms with Crippen LogP contribution in [0.4, 0.5) is 0 Å². The van der Waals surface area contributed by atoms with Crippen molar-refractivity contribution < 1.29 is 19.4 Å². The van der Waals surface area contributed by atoms with E-state index in [1.54, 1.807) is 6.92 Å². The van der Waals surface area contributed by atoms with Crippen LogP contribution in [0.25, 0.3) is 0 Å². The molecule has 36 heavy (non-hydrogen) atoms. The van der Waals surface area contributed by atoms with Gasteiger partial charge < -0.3 is 9.84 Å². The van der Waals surface area contributed by atoms with E-state index in [1.165, 1.54) is 24.8 Å². The van der Waals surface area contributed by atoms with Crippen molar-refractivity contribution in [1.82, 2.24) is 0 Å². The number of hydrogen-bond acceptors (Lipinski definition) is 4. The molecule has 1 unspecified atom stereocenters. The number of esters is 1. The molecule has 5 rings (SSSR count). The molecule has 0 radical (unpaired) electrons. The second kappa shape index (κ2) is 8.17. The molecule has 0 bridgehead atoms. The van der Waals surface area contributed by atoms with Crippen molar-refractivity contribution in [2.45, 2.75) is 112 Å². The van der Waals surface area contributed by atoms with Crippen LogP contribution in [0.15, 0.2) is 12.2 Å². The zero-order valence-corrected chi connectivity index (χ0v) is 23.9. The lowest BCUT2D eigenvalue weighted by Gasteiger charge is -2.72.